The highest BCUT2D eigenvalue weighted by atomic mass is 15.1. The number of aryl methyl sites for hydroxylation is 2. The number of anilines is 3. The number of hydrogen-bond donors (Lipinski definition) is 0. The summed E-state index contributed by atoms with van der Waals surface area (Å²) in [6.45, 7) is 9.18. The first-order valence-corrected chi connectivity index (χ1v) is 18.6. The van der Waals surface area contributed by atoms with Crippen molar-refractivity contribution in [1.29, 1.82) is 0 Å². The topological polar surface area (TPSA) is 8.17 Å². The van der Waals surface area contributed by atoms with Crippen LogP contribution >= 0.6 is 0 Å². The normalized spacial score (nSPS) is 13.1. The molecule has 0 unspecified atom stereocenters. The van der Waals surface area contributed by atoms with Crippen LogP contribution in [0, 0.1) is 13.8 Å². The van der Waals surface area contributed by atoms with Crippen LogP contribution in [0.4, 0.5) is 17.1 Å². The number of nitrogens with zero attached hydrogens (tertiary/aromatic N) is 2. The number of hydrogen-bond acceptors (Lipinski definition) is 1. The van der Waals surface area contributed by atoms with Crippen LogP contribution in [0.1, 0.15) is 36.1 Å². The zero-order chi connectivity index (χ0) is 35.8. The molecule has 0 saturated carbocycles. The molecule has 0 radical (unpaired) electrons. The predicted molar refractivity (Wildman–Crippen MR) is 225 cm³/mol. The van der Waals surface area contributed by atoms with Crippen LogP contribution in [0.5, 0.6) is 0 Å². The van der Waals surface area contributed by atoms with Crippen molar-refractivity contribution in [3.05, 3.63) is 192 Å². The van der Waals surface area contributed by atoms with E-state index < -0.39 is 0 Å². The second-order valence-electron chi connectivity index (χ2n) is 15.2. The van der Waals surface area contributed by atoms with Crippen molar-refractivity contribution in [2.75, 3.05) is 4.90 Å². The summed E-state index contributed by atoms with van der Waals surface area (Å²) in [7, 11) is 0. The van der Waals surface area contributed by atoms with Gasteiger partial charge in [0.1, 0.15) is 0 Å². The molecule has 8 aromatic carbocycles. The minimum absolute atomic E-state index is 0.159. The van der Waals surface area contributed by atoms with Crippen molar-refractivity contribution in [2.45, 2.75) is 33.1 Å². The summed E-state index contributed by atoms with van der Waals surface area (Å²) < 4.78 is 2.46. The molecule has 0 amide bonds. The number of rotatable bonds is 5. The number of aromatic nitrogens is 1. The molecule has 2 heteroatoms. The molecule has 1 aliphatic rings. The van der Waals surface area contributed by atoms with Crippen molar-refractivity contribution in [2.24, 2.45) is 0 Å². The van der Waals surface area contributed by atoms with Crippen LogP contribution in [-0.2, 0) is 5.41 Å². The van der Waals surface area contributed by atoms with E-state index in [0.717, 1.165) is 17.1 Å². The van der Waals surface area contributed by atoms with Gasteiger partial charge in [-0.1, -0.05) is 135 Å². The summed E-state index contributed by atoms with van der Waals surface area (Å²) in [5, 5.41) is 5.12. The van der Waals surface area contributed by atoms with Gasteiger partial charge in [0, 0.05) is 38.8 Å². The maximum absolute atomic E-state index is 2.46. The molecule has 1 heterocycles. The van der Waals surface area contributed by atoms with Gasteiger partial charge in [-0.25, -0.2) is 0 Å². The van der Waals surface area contributed by atoms with Crippen LogP contribution < -0.4 is 4.90 Å². The van der Waals surface area contributed by atoms with Gasteiger partial charge in [-0.15, -0.1) is 0 Å². The van der Waals surface area contributed by atoms with Crippen LogP contribution in [-0.4, -0.2) is 4.57 Å². The molecule has 254 valence electrons. The first-order valence-electron chi connectivity index (χ1n) is 18.6. The minimum atomic E-state index is -0.159. The lowest BCUT2D eigenvalue weighted by Crippen LogP contribution is -2.17. The zero-order valence-electron chi connectivity index (χ0n) is 30.6. The molecule has 53 heavy (non-hydrogen) atoms. The van der Waals surface area contributed by atoms with Crippen molar-refractivity contribution in [3.8, 4) is 27.9 Å². The molecule has 10 rings (SSSR count). The average Bonchev–Trinajstić information content (AvgIpc) is 3.63. The van der Waals surface area contributed by atoms with E-state index in [9.17, 15) is 0 Å². The van der Waals surface area contributed by atoms with Crippen LogP contribution in [0.2, 0.25) is 0 Å². The lowest BCUT2D eigenvalue weighted by molar-refractivity contribution is 0.666. The molecule has 0 N–H and O–H groups in total. The molecule has 0 aliphatic heterocycles. The number of fused-ring (bicyclic) bond motifs is 8. The van der Waals surface area contributed by atoms with Gasteiger partial charge in [0.05, 0.1) is 16.7 Å². The Morgan fingerprint density at radius 3 is 1.92 bits per heavy atom. The molecule has 0 saturated heterocycles. The van der Waals surface area contributed by atoms with E-state index in [-0.39, 0.29) is 5.41 Å². The zero-order valence-corrected chi connectivity index (χ0v) is 30.6. The van der Waals surface area contributed by atoms with Crippen LogP contribution in [0.25, 0.3) is 60.5 Å². The highest BCUT2D eigenvalue weighted by Crippen LogP contribution is 2.53. The Morgan fingerprint density at radius 2 is 1.09 bits per heavy atom. The van der Waals surface area contributed by atoms with Gasteiger partial charge in [0.2, 0.25) is 0 Å². The van der Waals surface area contributed by atoms with Gasteiger partial charge < -0.3 is 9.47 Å². The van der Waals surface area contributed by atoms with Gasteiger partial charge in [0.15, 0.2) is 0 Å². The third-order valence-electron chi connectivity index (χ3n) is 11.4. The Balaban J connectivity index is 1.21. The van der Waals surface area contributed by atoms with E-state index in [0.29, 0.717) is 0 Å². The van der Waals surface area contributed by atoms with Crippen LogP contribution in [0.3, 0.4) is 0 Å². The molecule has 1 aliphatic carbocycles. The maximum Gasteiger partial charge on any atom is 0.0562 e. The maximum atomic E-state index is 2.46. The summed E-state index contributed by atoms with van der Waals surface area (Å²) in [6.07, 6.45) is 0. The average molecular weight is 681 g/mol. The molecule has 9 aromatic rings. The van der Waals surface area contributed by atoms with Gasteiger partial charge >= 0.3 is 0 Å². The molecule has 0 bridgehead atoms. The summed E-state index contributed by atoms with van der Waals surface area (Å²) in [6, 6.07) is 62.8. The van der Waals surface area contributed by atoms with Crippen molar-refractivity contribution < 1.29 is 0 Å². The predicted octanol–water partition coefficient (Wildman–Crippen LogP) is 14.0. The quantitative estimate of drug-likeness (QED) is 0.176. The third-order valence-corrected chi connectivity index (χ3v) is 11.4. The smallest absolute Gasteiger partial charge is 0.0562 e. The molecule has 0 spiro atoms. The fraction of sp³-hybridized carbons (Fsp3) is 0.0980. The number of benzene rings is 8. The Bertz CT molecular complexity index is 2870. The van der Waals surface area contributed by atoms with Gasteiger partial charge in [-0.2, -0.15) is 0 Å². The van der Waals surface area contributed by atoms with Gasteiger partial charge in [0.25, 0.3) is 0 Å². The lowest BCUT2D eigenvalue weighted by atomic mass is 9.80. The summed E-state index contributed by atoms with van der Waals surface area (Å²) in [4.78, 5) is 2.46. The second-order valence-corrected chi connectivity index (χ2v) is 15.2. The standard InChI is InChI=1S/C51H40N2/c1-33-28-34(2)30-39(29-33)52(37-23-26-42-45-25-22-36-16-8-9-18-41(36)50(45)51(3,4)46(42)31-37)38-24-27-44-43-19-11-13-21-48(43)53(49(44)32-38)47-20-12-10-17-40(47)35-14-6-5-7-15-35/h5-32H,1-4H3. The first kappa shape index (κ1) is 31.4. The number of para-hydroxylation sites is 2. The Hall–Kier alpha value is -6.38. The first-order chi connectivity index (χ1) is 25.9. The van der Waals surface area contributed by atoms with E-state index in [2.05, 4.69) is 207 Å². The molecule has 0 atom stereocenters. The molecule has 1 aromatic heterocycles. The van der Waals surface area contributed by atoms with Crippen molar-refractivity contribution in [3.63, 3.8) is 0 Å². The van der Waals surface area contributed by atoms with Crippen LogP contribution in [0.15, 0.2) is 170 Å². The van der Waals surface area contributed by atoms with Crippen molar-refractivity contribution >= 4 is 49.6 Å². The SMILES string of the molecule is Cc1cc(C)cc(N(c2ccc3c(c2)C(C)(C)c2c-3ccc3ccccc23)c2ccc3c4ccccc4n(-c4ccccc4-c4ccccc4)c3c2)c1. The Kier molecular flexibility index (Phi) is 7.00. The molecule has 0 fully saturated rings. The van der Waals surface area contributed by atoms with Crippen molar-refractivity contribution in [1.82, 2.24) is 4.57 Å². The van der Waals surface area contributed by atoms with E-state index in [1.807, 2.05) is 0 Å². The highest BCUT2D eigenvalue weighted by Gasteiger charge is 2.37. The van der Waals surface area contributed by atoms with Gasteiger partial charge in [-0.3, -0.25) is 0 Å². The Morgan fingerprint density at radius 1 is 0.453 bits per heavy atom. The second kappa shape index (κ2) is 11.8. The monoisotopic (exact) mass is 680 g/mol. The molecule has 2 nitrogen and oxygen atoms in total. The van der Waals surface area contributed by atoms with E-state index >= 15 is 0 Å². The summed E-state index contributed by atoms with van der Waals surface area (Å²) in [5.74, 6) is 0. The highest BCUT2D eigenvalue weighted by molar-refractivity contribution is 6.11. The summed E-state index contributed by atoms with van der Waals surface area (Å²) in [5.41, 5.74) is 17.2. The molecular formula is C51H40N2. The lowest BCUT2D eigenvalue weighted by Gasteiger charge is -2.29. The largest absolute Gasteiger partial charge is 0.310 e. The Labute approximate surface area is 311 Å². The van der Waals surface area contributed by atoms with E-state index in [1.165, 1.54) is 82.8 Å². The van der Waals surface area contributed by atoms with E-state index in [1.54, 1.807) is 0 Å². The fourth-order valence-electron chi connectivity index (χ4n) is 9.14. The third kappa shape index (κ3) is 4.86. The summed E-state index contributed by atoms with van der Waals surface area (Å²) >= 11 is 0. The van der Waals surface area contributed by atoms with Gasteiger partial charge in [-0.05, 0) is 112 Å². The molecular weight excluding hydrogens is 641 g/mol. The fourth-order valence-corrected chi connectivity index (χ4v) is 9.14. The minimum Gasteiger partial charge on any atom is -0.310 e. The van der Waals surface area contributed by atoms with E-state index in [4.69, 9.17) is 0 Å².